The summed E-state index contributed by atoms with van der Waals surface area (Å²) in [6.07, 6.45) is -0.760. The number of aromatic nitrogens is 3. The number of hydrogen-bond acceptors (Lipinski definition) is 6. The molecule has 3 rings (SSSR count). The van der Waals surface area contributed by atoms with Gasteiger partial charge in [0.15, 0.2) is 0 Å². The van der Waals surface area contributed by atoms with Gasteiger partial charge < -0.3 is 15.4 Å². The fraction of sp³-hybridized carbons (Fsp3) is 0.267. The van der Waals surface area contributed by atoms with Crippen molar-refractivity contribution in [2.75, 3.05) is 0 Å². The number of aryl methyl sites for hydroxylation is 1. The zero-order chi connectivity index (χ0) is 15.0. The molecule has 0 amide bonds. The van der Waals surface area contributed by atoms with Crippen LogP contribution in [0.25, 0.3) is 22.4 Å². The van der Waals surface area contributed by atoms with Crippen molar-refractivity contribution >= 4 is 10.9 Å². The van der Waals surface area contributed by atoms with E-state index in [4.69, 9.17) is 10.3 Å². The van der Waals surface area contributed by atoms with Gasteiger partial charge in [-0.1, -0.05) is 23.4 Å². The molecule has 0 fully saturated rings. The molecule has 3 aromatic rings. The summed E-state index contributed by atoms with van der Waals surface area (Å²) in [6.45, 7) is 3.59. The fourth-order valence-corrected chi connectivity index (χ4v) is 2.14. The van der Waals surface area contributed by atoms with Gasteiger partial charge in [-0.05, 0) is 31.5 Å². The maximum Gasteiger partial charge on any atom is 0.246 e. The second-order valence-corrected chi connectivity index (χ2v) is 5.06. The summed E-state index contributed by atoms with van der Waals surface area (Å²) in [6, 6.07) is 9.08. The van der Waals surface area contributed by atoms with Crippen LogP contribution in [0.1, 0.15) is 24.4 Å². The molecule has 2 atom stereocenters. The van der Waals surface area contributed by atoms with Crippen molar-refractivity contribution < 1.29 is 9.63 Å². The lowest BCUT2D eigenvalue weighted by atomic mass is 10.1. The number of nitrogens with two attached hydrogens (primary N) is 1. The minimum Gasteiger partial charge on any atom is -0.391 e. The van der Waals surface area contributed by atoms with Crippen LogP contribution in [-0.4, -0.2) is 26.3 Å². The van der Waals surface area contributed by atoms with Crippen molar-refractivity contribution in [3.63, 3.8) is 0 Å². The zero-order valence-corrected chi connectivity index (χ0v) is 11.8. The van der Waals surface area contributed by atoms with Gasteiger partial charge in [-0.2, -0.15) is 4.98 Å². The van der Waals surface area contributed by atoms with Gasteiger partial charge in [-0.3, -0.25) is 0 Å². The van der Waals surface area contributed by atoms with Gasteiger partial charge in [0.25, 0.3) is 0 Å². The third kappa shape index (κ3) is 2.51. The first-order valence-corrected chi connectivity index (χ1v) is 6.70. The summed E-state index contributed by atoms with van der Waals surface area (Å²) in [4.78, 5) is 8.76. The van der Waals surface area contributed by atoms with E-state index in [1.165, 1.54) is 0 Å². The molecular weight excluding hydrogens is 268 g/mol. The van der Waals surface area contributed by atoms with Crippen molar-refractivity contribution in [1.29, 1.82) is 0 Å². The van der Waals surface area contributed by atoms with Crippen molar-refractivity contribution in [3.05, 3.63) is 41.8 Å². The molecule has 21 heavy (non-hydrogen) atoms. The van der Waals surface area contributed by atoms with Crippen LogP contribution in [0.4, 0.5) is 0 Å². The summed E-state index contributed by atoms with van der Waals surface area (Å²) in [7, 11) is 0. The van der Waals surface area contributed by atoms with Crippen LogP contribution < -0.4 is 5.73 Å². The first-order chi connectivity index (χ1) is 10.1. The number of rotatable bonds is 3. The average molecular weight is 284 g/mol. The molecule has 0 radical (unpaired) electrons. The van der Waals surface area contributed by atoms with Crippen LogP contribution in [0.3, 0.4) is 0 Å². The molecule has 0 spiro atoms. The molecule has 6 nitrogen and oxygen atoms in total. The minimum absolute atomic E-state index is 0.201. The Morgan fingerprint density at radius 2 is 2.00 bits per heavy atom. The predicted molar refractivity (Wildman–Crippen MR) is 78.4 cm³/mol. The van der Waals surface area contributed by atoms with Crippen molar-refractivity contribution in [1.82, 2.24) is 15.1 Å². The molecule has 0 aliphatic rings. The van der Waals surface area contributed by atoms with Gasteiger partial charge in [0.2, 0.25) is 11.7 Å². The molecule has 108 valence electrons. The highest BCUT2D eigenvalue weighted by Gasteiger charge is 2.20. The lowest BCUT2D eigenvalue weighted by molar-refractivity contribution is 0.146. The molecule has 6 heteroatoms. The lowest BCUT2D eigenvalue weighted by Gasteiger charge is -2.08. The molecule has 2 aromatic heterocycles. The molecule has 2 heterocycles. The Kier molecular flexibility index (Phi) is 3.40. The molecule has 0 saturated carbocycles. The number of aliphatic hydroxyl groups is 1. The van der Waals surface area contributed by atoms with Gasteiger partial charge in [-0.25, -0.2) is 4.98 Å². The summed E-state index contributed by atoms with van der Waals surface area (Å²) >= 11 is 0. The van der Waals surface area contributed by atoms with Crippen LogP contribution in [-0.2, 0) is 0 Å². The maximum atomic E-state index is 9.47. The Bertz CT molecular complexity index is 782. The molecule has 3 N–H and O–H groups in total. The van der Waals surface area contributed by atoms with Crippen molar-refractivity contribution in [2.24, 2.45) is 5.73 Å². The summed E-state index contributed by atoms with van der Waals surface area (Å²) < 4.78 is 5.11. The second kappa shape index (κ2) is 5.23. The van der Waals surface area contributed by atoms with E-state index in [-0.39, 0.29) is 5.89 Å². The van der Waals surface area contributed by atoms with Crippen molar-refractivity contribution in [2.45, 2.75) is 26.0 Å². The number of benzene rings is 1. The van der Waals surface area contributed by atoms with Gasteiger partial charge in [0.1, 0.15) is 11.7 Å². The number of pyridine rings is 1. The topological polar surface area (TPSA) is 98.1 Å². The number of aliphatic hydroxyl groups excluding tert-OH is 1. The summed E-state index contributed by atoms with van der Waals surface area (Å²) in [5.41, 5.74) is 8.37. The Labute approximate surface area is 121 Å². The molecule has 1 aromatic carbocycles. The molecule has 0 saturated heterocycles. The van der Waals surface area contributed by atoms with E-state index in [2.05, 4.69) is 15.1 Å². The van der Waals surface area contributed by atoms with E-state index in [0.717, 1.165) is 16.5 Å². The Morgan fingerprint density at radius 1 is 1.24 bits per heavy atom. The maximum absolute atomic E-state index is 9.47. The van der Waals surface area contributed by atoms with Crippen LogP contribution in [0.2, 0.25) is 0 Å². The van der Waals surface area contributed by atoms with Crippen LogP contribution in [0.15, 0.2) is 34.9 Å². The highest BCUT2D eigenvalue weighted by atomic mass is 16.5. The SMILES string of the molecule is Cc1cc(-c2noc(C(N)C(C)O)n2)nc2ccccc12. The third-order valence-corrected chi connectivity index (χ3v) is 3.40. The van der Waals surface area contributed by atoms with E-state index in [0.29, 0.717) is 11.5 Å². The first kappa shape index (κ1) is 13.7. The van der Waals surface area contributed by atoms with Crippen LogP contribution >= 0.6 is 0 Å². The molecule has 0 bridgehead atoms. The number of para-hydroxylation sites is 1. The summed E-state index contributed by atoms with van der Waals surface area (Å²) in [5.74, 6) is 0.572. The van der Waals surface area contributed by atoms with Crippen molar-refractivity contribution in [3.8, 4) is 11.5 Å². The lowest BCUT2D eigenvalue weighted by Crippen LogP contribution is -2.23. The summed E-state index contributed by atoms with van der Waals surface area (Å²) in [5, 5.41) is 14.5. The molecule has 0 aliphatic heterocycles. The smallest absolute Gasteiger partial charge is 0.246 e. The van der Waals surface area contributed by atoms with Gasteiger partial charge in [0, 0.05) is 5.39 Å². The van der Waals surface area contributed by atoms with Crippen LogP contribution in [0.5, 0.6) is 0 Å². The van der Waals surface area contributed by atoms with E-state index in [1.54, 1.807) is 6.92 Å². The normalized spacial score (nSPS) is 14.3. The number of hydrogen-bond donors (Lipinski definition) is 2. The largest absolute Gasteiger partial charge is 0.391 e. The number of nitrogens with zero attached hydrogens (tertiary/aromatic N) is 3. The highest BCUT2D eigenvalue weighted by Crippen LogP contribution is 2.23. The first-order valence-electron chi connectivity index (χ1n) is 6.70. The van der Waals surface area contributed by atoms with E-state index < -0.39 is 12.1 Å². The molecular formula is C15H16N4O2. The van der Waals surface area contributed by atoms with E-state index >= 15 is 0 Å². The Hall–Kier alpha value is -2.31. The van der Waals surface area contributed by atoms with Gasteiger partial charge in [-0.15, -0.1) is 0 Å². The monoisotopic (exact) mass is 284 g/mol. The highest BCUT2D eigenvalue weighted by molar-refractivity contribution is 5.84. The zero-order valence-electron chi connectivity index (χ0n) is 11.8. The Balaban J connectivity index is 2.05. The third-order valence-electron chi connectivity index (χ3n) is 3.40. The van der Waals surface area contributed by atoms with E-state index in [1.807, 2.05) is 37.3 Å². The quantitative estimate of drug-likeness (QED) is 0.763. The Morgan fingerprint density at radius 3 is 2.76 bits per heavy atom. The standard InChI is InChI=1S/C15H16N4O2/c1-8-7-12(17-11-6-4-3-5-10(8)11)14-18-15(21-19-14)13(16)9(2)20/h3-7,9,13,20H,16H2,1-2H3. The van der Waals surface area contributed by atoms with Crippen LogP contribution in [0, 0.1) is 6.92 Å². The second-order valence-electron chi connectivity index (χ2n) is 5.06. The minimum atomic E-state index is -0.760. The predicted octanol–water partition coefficient (Wildman–Crippen LogP) is 1.97. The van der Waals surface area contributed by atoms with Gasteiger partial charge in [0.05, 0.1) is 11.6 Å². The molecule has 2 unspecified atom stereocenters. The van der Waals surface area contributed by atoms with Gasteiger partial charge >= 0.3 is 0 Å². The number of fused-ring (bicyclic) bond motifs is 1. The fourth-order valence-electron chi connectivity index (χ4n) is 2.14. The van der Waals surface area contributed by atoms with E-state index in [9.17, 15) is 5.11 Å². The molecule has 0 aliphatic carbocycles. The average Bonchev–Trinajstić information content (AvgIpc) is 2.96.